The smallest absolute Gasteiger partial charge is 0.511 e. The molecule has 2 fully saturated rings. The molecule has 136 valence electrons. The molecular formula is C16H24BN3O5. The predicted octanol–water partition coefficient (Wildman–Crippen LogP) is 1.02. The van der Waals surface area contributed by atoms with Crippen molar-refractivity contribution >= 4 is 19.2 Å². The van der Waals surface area contributed by atoms with E-state index in [2.05, 4.69) is 9.88 Å². The second-order valence-electron chi connectivity index (χ2n) is 7.47. The molecule has 2 unspecified atom stereocenters. The van der Waals surface area contributed by atoms with Crippen molar-refractivity contribution in [3.63, 3.8) is 0 Å². The third-order valence-corrected chi connectivity index (χ3v) is 4.37. The van der Waals surface area contributed by atoms with Gasteiger partial charge in [-0.25, -0.2) is 9.78 Å². The lowest BCUT2D eigenvalue weighted by Crippen LogP contribution is -2.57. The molecule has 1 aromatic rings. The number of amides is 1. The second-order valence-corrected chi connectivity index (χ2v) is 7.47. The summed E-state index contributed by atoms with van der Waals surface area (Å²) in [7, 11) is -1.86. The van der Waals surface area contributed by atoms with Crippen molar-refractivity contribution < 1.29 is 24.2 Å². The van der Waals surface area contributed by atoms with Crippen LogP contribution >= 0.6 is 0 Å². The minimum Gasteiger partial charge on any atom is -0.511 e. The fourth-order valence-corrected chi connectivity index (χ4v) is 3.45. The SMILES string of the molecule is CC(C)(C)OC(=O)N1C2CCC1CN(c1ccc(OB(O)O)cn1)C2. The first kappa shape index (κ1) is 17.8. The lowest BCUT2D eigenvalue weighted by molar-refractivity contribution is 0.0122. The van der Waals surface area contributed by atoms with Gasteiger partial charge in [-0.05, 0) is 45.7 Å². The molecule has 2 N–H and O–H groups in total. The van der Waals surface area contributed by atoms with Gasteiger partial charge in [0.05, 0.1) is 18.3 Å². The minimum atomic E-state index is -1.86. The van der Waals surface area contributed by atoms with E-state index in [9.17, 15) is 4.79 Å². The standard InChI is InChI=1S/C16H24BN3O5/c1-16(2,3)24-15(21)20-11-4-5-12(20)10-19(9-11)14-7-6-13(8-18-14)25-17(22)23/h6-8,11-12,22-23H,4-5,9-10H2,1-3H3. The summed E-state index contributed by atoms with van der Waals surface area (Å²) in [5.41, 5.74) is -0.498. The minimum absolute atomic E-state index is 0.116. The van der Waals surface area contributed by atoms with Crippen LogP contribution in [0, 0.1) is 0 Å². The van der Waals surface area contributed by atoms with Crippen LogP contribution in [0.2, 0.25) is 0 Å². The Kier molecular flexibility index (Phi) is 4.79. The maximum atomic E-state index is 12.5. The first-order valence-electron chi connectivity index (χ1n) is 8.48. The summed E-state index contributed by atoms with van der Waals surface area (Å²) in [5.74, 6) is 1.06. The Morgan fingerprint density at radius 2 is 1.88 bits per heavy atom. The molecule has 2 aliphatic heterocycles. The Labute approximate surface area is 147 Å². The molecule has 8 nitrogen and oxygen atoms in total. The summed E-state index contributed by atoms with van der Waals surface area (Å²) in [6, 6.07) is 3.65. The number of carbonyl (C=O) groups is 1. The van der Waals surface area contributed by atoms with Crippen LogP contribution in [0.4, 0.5) is 10.6 Å². The lowest BCUT2D eigenvalue weighted by Gasteiger charge is -2.41. The monoisotopic (exact) mass is 349 g/mol. The van der Waals surface area contributed by atoms with Crippen molar-refractivity contribution in [3.8, 4) is 5.75 Å². The molecule has 3 rings (SSSR count). The van der Waals surface area contributed by atoms with E-state index < -0.39 is 12.9 Å². The number of nitrogens with zero attached hydrogens (tertiary/aromatic N) is 3. The third-order valence-electron chi connectivity index (χ3n) is 4.37. The van der Waals surface area contributed by atoms with Gasteiger partial charge in [-0.2, -0.15) is 0 Å². The van der Waals surface area contributed by atoms with E-state index in [-0.39, 0.29) is 23.9 Å². The molecule has 1 amide bonds. The fourth-order valence-electron chi connectivity index (χ4n) is 3.45. The van der Waals surface area contributed by atoms with Crippen molar-refractivity contribution in [3.05, 3.63) is 18.3 Å². The zero-order chi connectivity index (χ0) is 18.2. The van der Waals surface area contributed by atoms with E-state index in [1.807, 2.05) is 25.7 Å². The van der Waals surface area contributed by atoms with Gasteiger partial charge in [0.2, 0.25) is 0 Å². The zero-order valence-electron chi connectivity index (χ0n) is 14.8. The second kappa shape index (κ2) is 6.72. The van der Waals surface area contributed by atoms with Crippen LogP contribution in [0.1, 0.15) is 33.6 Å². The van der Waals surface area contributed by atoms with Crippen LogP contribution in [0.25, 0.3) is 0 Å². The van der Waals surface area contributed by atoms with Gasteiger partial charge in [-0.3, -0.25) is 4.90 Å². The van der Waals surface area contributed by atoms with E-state index in [1.165, 1.54) is 6.20 Å². The van der Waals surface area contributed by atoms with Gasteiger partial charge in [0.1, 0.15) is 17.2 Å². The summed E-state index contributed by atoms with van der Waals surface area (Å²) in [6.07, 6.45) is 3.13. The molecule has 3 heterocycles. The Balaban J connectivity index is 1.66. The average Bonchev–Trinajstić information content (AvgIpc) is 2.76. The number of pyridine rings is 1. The van der Waals surface area contributed by atoms with Crippen LogP contribution in [0.3, 0.4) is 0 Å². The number of hydrogen-bond acceptors (Lipinski definition) is 7. The highest BCUT2D eigenvalue weighted by Gasteiger charge is 2.44. The van der Waals surface area contributed by atoms with Gasteiger partial charge < -0.3 is 24.3 Å². The van der Waals surface area contributed by atoms with Crippen LogP contribution in [-0.4, -0.2) is 64.1 Å². The molecule has 0 aliphatic carbocycles. The zero-order valence-corrected chi connectivity index (χ0v) is 14.8. The van der Waals surface area contributed by atoms with E-state index in [1.54, 1.807) is 12.1 Å². The molecule has 2 saturated heterocycles. The Hall–Kier alpha value is -2.00. The van der Waals surface area contributed by atoms with Gasteiger partial charge >= 0.3 is 13.4 Å². The van der Waals surface area contributed by atoms with E-state index in [4.69, 9.17) is 19.4 Å². The topological polar surface area (TPSA) is 95.4 Å². The highest BCUT2D eigenvalue weighted by Crippen LogP contribution is 2.33. The quantitative estimate of drug-likeness (QED) is 0.787. The molecule has 0 aromatic carbocycles. The van der Waals surface area contributed by atoms with Gasteiger partial charge in [0.15, 0.2) is 0 Å². The Morgan fingerprint density at radius 1 is 1.24 bits per heavy atom. The van der Waals surface area contributed by atoms with Gasteiger partial charge in [0, 0.05) is 13.1 Å². The predicted molar refractivity (Wildman–Crippen MR) is 92.2 cm³/mol. The Bertz CT molecular complexity index is 605. The van der Waals surface area contributed by atoms with Gasteiger partial charge in [-0.1, -0.05) is 0 Å². The first-order valence-corrected chi connectivity index (χ1v) is 8.48. The van der Waals surface area contributed by atoms with Crippen LogP contribution in [0.15, 0.2) is 18.3 Å². The number of anilines is 1. The van der Waals surface area contributed by atoms with Crippen molar-refractivity contribution in [1.29, 1.82) is 0 Å². The molecule has 2 atom stereocenters. The van der Waals surface area contributed by atoms with E-state index in [0.29, 0.717) is 13.1 Å². The Morgan fingerprint density at radius 3 is 2.36 bits per heavy atom. The molecule has 2 aliphatic rings. The highest BCUT2D eigenvalue weighted by molar-refractivity contribution is 6.33. The third kappa shape index (κ3) is 4.16. The summed E-state index contributed by atoms with van der Waals surface area (Å²) in [6.45, 7) is 7.02. The first-order chi connectivity index (χ1) is 11.7. The van der Waals surface area contributed by atoms with Crippen molar-refractivity contribution in [2.24, 2.45) is 0 Å². The molecule has 9 heteroatoms. The molecule has 2 bridgehead atoms. The van der Waals surface area contributed by atoms with Crippen LogP contribution in [-0.2, 0) is 4.74 Å². The number of ether oxygens (including phenoxy) is 1. The number of carbonyl (C=O) groups excluding carboxylic acids is 1. The van der Waals surface area contributed by atoms with Crippen LogP contribution in [0.5, 0.6) is 5.75 Å². The summed E-state index contributed by atoms with van der Waals surface area (Å²) < 4.78 is 10.3. The maximum Gasteiger partial charge on any atom is 0.707 e. The number of fused-ring (bicyclic) bond motifs is 2. The van der Waals surface area contributed by atoms with Crippen molar-refractivity contribution in [1.82, 2.24) is 9.88 Å². The number of rotatable bonds is 3. The largest absolute Gasteiger partial charge is 0.707 e. The molecule has 25 heavy (non-hydrogen) atoms. The molecule has 0 saturated carbocycles. The maximum absolute atomic E-state index is 12.5. The summed E-state index contributed by atoms with van der Waals surface area (Å²) in [5, 5.41) is 17.6. The van der Waals surface area contributed by atoms with Crippen molar-refractivity contribution in [2.75, 3.05) is 18.0 Å². The summed E-state index contributed by atoms with van der Waals surface area (Å²) >= 11 is 0. The van der Waals surface area contributed by atoms with Gasteiger partial charge in [0.25, 0.3) is 0 Å². The van der Waals surface area contributed by atoms with E-state index >= 15 is 0 Å². The van der Waals surface area contributed by atoms with Gasteiger partial charge in [-0.15, -0.1) is 0 Å². The molecule has 0 radical (unpaired) electrons. The van der Waals surface area contributed by atoms with Crippen molar-refractivity contribution in [2.45, 2.75) is 51.3 Å². The highest BCUT2D eigenvalue weighted by atomic mass is 16.6. The lowest BCUT2D eigenvalue weighted by atomic mass is 10.2. The number of piperazine rings is 1. The normalized spacial score (nSPS) is 22.8. The average molecular weight is 349 g/mol. The van der Waals surface area contributed by atoms with E-state index in [0.717, 1.165) is 18.7 Å². The molecular weight excluding hydrogens is 325 g/mol. The summed E-state index contributed by atoms with van der Waals surface area (Å²) in [4.78, 5) is 20.8. The number of aromatic nitrogens is 1. The molecule has 0 spiro atoms. The fraction of sp³-hybridized carbons (Fsp3) is 0.625. The van der Waals surface area contributed by atoms with Crippen LogP contribution < -0.4 is 9.55 Å². The molecule has 1 aromatic heterocycles. The number of hydrogen-bond donors (Lipinski definition) is 2.